The van der Waals surface area contributed by atoms with Gasteiger partial charge in [-0.3, -0.25) is 0 Å². The Morgan fingerprint density at radius 2 is 2.17 bits per heavy atom. The highest BCUT2D eigenvalue weighted by molar-refractivity contribution is 9.10. The van der Waals surface area contributed by atoms with E-state index in [0.717, 1.165) is 22.3 Å². The van der Waals surface area contributed by atoms with Gasteiger partial charge in [0.2, 0.25) is 0 Å². The highest BCUT2D eigenvalue weighted by Gasteiger charge is 2.29. The van der Waals surface area contributed by atoms with Crippen LogP contribution in [0.25, 0.3) is 11.6 Å². The number of halogens is 2. The molecule has 0 aliphatic heterocycles. The van der Waals surface area contributed by atoms with Crippen molar-refractivity contribution in [3.63, 3.8) is 0 Å². The van der Waals surface area contributed by atoms with Gasteiger partial charge in [-0.1, -0.05) is 18.5 Å². The minimum atomic E-state index is 0.455. The molecule has 1 fully saturated rings. The SMILES string of the molecule is CCc1ccc(-c2nc(Cl)c(Br)c(C3CC3)n2)o1. The van der Waals surface area contributed by atoms with Crippen molar-refractivity contribution in [2.45, 2.75) is 32.1 Å². The van der Waals surface area contributed by atoms with Crippen molar-refractivity contribution in [2.75, 3.05) is 0 Å². The number of nitrogens with zero attached hydrogens (tertiary/aromatic N) is 2. The summed E-state index contributed by atoms with van der Waals surface area (Å²) in [5.41, 5.74) is 0.999. The van der Waals surface area contributed by atoms with Crippen LogP contribution >= 0.6 is 27.5 Å². The molecule has 1 aliphatic carbocycles. The molecule has 5 heteroatoms. The Balaban J connectivity index is 2.06. The third-order valence-electron chi connectivity index (χ3n) is 3.03. The largest absolute Gasteiger partial charge is 0.458 e. The van der Waals surface area contributed by atoms with Crippen LogP contribution in [0.4, 0.5) is 0 Å². The molecule has 0 atom stereocenters. The van der Waals surface area contributed by atoms with Gasteiger partial charge in [0, 0.05) is 12.3 Å². The molecular formula is C13H12BrClN2O. The van der Waals surface area contributed by atoms with Crippen LogP contribution in [0.15, 0.2) is 21.0 Å². The normalized spacial score (nSPS) is 15.1. The molecule has 18 heavy (non-hydrogen) atoms. The zero-order valence-electron chi connectivity index (χ0n) is 9.91. The lowest BCUT2D eigenvalue weighted by molar-refractivity contribution is 0.525. The summed E-state index contributed by atoms with van der Waals surface area (Å²) in [7, 11) is 0. The second-order valence-corrected chi connectivity index (χ2v) is 5.58. The van der Waals surface area contributed by atoms with Crippen molar-refractivity contribution in [2.24, 2.45) is 0 Å². The number of furan rings is 1. The van der Waals surface area contributed by atoms with Crippen LogP contribution in [0.1, 0.15) is 37.1 Å². The van der Waals surface area contributed by atoms with Gasteiger partial charge in [0.15, 0.2) is 11.6 Å². The van der Waals surface area contributed by atoms with Crippen LogP contribution < -0.4 is 0 Å². The standard InChI is InChI=1S/C13H12BrClN2O/c1-2-8-5-6-9(18-8)13-16-11(7-3-4-7)10(14)12(15)17-13/h5-7H,2-4H2,1H3. The quantitative estimate of drug-likeness (QED) is 0.774. The van der Waals surface area contributed by atoms with Gasteiger partial charge < -0.3 is 4.42 Å². The molecule has 0 amide bonds. The minimum Gasteiger partial charge on any atom is -0.458 e. The van der Waals surface area contributed by atoms with Crippen molar-refractivity contribution in [1.29, 1.82) is 0 Å². The lowest BCUT2D eigenvalue weighted by Gasteiger charge is -2.05. The second kappa shape index (κ2) is 4.67. The molecule has 2 aromatic heterocycles. The van der Waals surface area contributed by atoms with E-state index in [9.17, 15) is 0 Å². The van der Waals surface area contributed by atoms with E-state index < -0.39 is 0 Å². The lowest BCUT2D eigenvalue weighted by Crippen LogP contribution is -1.96. The molecule has 2 aromatic rings. The van der Waals surface area contributed by atoms with Crippen LogP contribution in [-0.4, -0.2) is 9.97 Å². The summed E-state index contributed by atoms with van der Waals surface area (Å²) in [4.78, 5) is 8.85. The Morgan fingerprint density at radius 3 is 2.78 bits per heavy atom. The summed E-state index contributed by atoms with van der Waals surface area (Å²) >= 11 is 9.60. The lowest BCUT2D eigenvalue weighted by atomic mass is 10.3. The maximum absolute atomic E-state index is 6.14. The maximum Gasteiger partial charge on any atom is 0.197 e. The number of aromatic nitrogens is 2. The topological polar surface area (TPSA) is 38.9 Å². The molecule has 3 nitrogen and oxygen atoms in total. The smallest absolute Gasteiger partial charge is 0.197 e. The molecule has 2 heterocycles. The average Bonchev–Trinajstić information content (AvgIpc) is 3.09. The number of hydrogen-bond donors (Lipinski definition) is 0. The first-order valence-electron chi connectivity index (χ1n) is 6.01. The van der Waals surface area contributed by atoms with E-state index in [-0.39, 0.29) is 0 Å². The first-order chi connectivity index (χ1) is 8.69. The zero-order valence-corrected chi connectivity index (χ0v) is 12.3. The van der Waals surface area contributed by atoms with Gasteiger partial charge in [-0.2, -0.15) is 0 Å². The Bertz CT molecular complexity index is 593. The molecule has 3 rings (SSSR count). The molecule has 0 aromatic carbocycles. The summed E-state index contributed by atoms with van der Waals surface area (Å²) < 4.78 is 6.49. The maximum atomic E-state index is 6.14. The van der Waals surface area contributed by atoms with E-state index in [1.165, 1.54) is 12.8 Å². The van der Waals surface area contributed by atoms with E-state index in [1.54, 1.807) is 0 Å². The highest BCUT2D eigenvalue weighted by Crippen LogP contribution is 2.44. The van der Waals surface area contributed by atoms with Gasteiger partial charge in [-0.15, -0.1) is 0 Å². The van der Waals surface area contributed by atoms with E-state index >= 15 is 0 Å². The Kier molecular flexibility index (Phi) is 3.16. The Labute approximate surface area is 119 Å². The highest BCUT2D eigenvalue weighted by atomic mass is 79.9. The Hall–Kier alpha value is -0.870. The molecule has 94 valence electrons. The van der Waals surface area contributed by atoms with Crippen LogP contribution in [0, 0.1) is 0 Å². The zero-order chi connectivity index (χ0) is 12.7. The van der Waals surface area contributed by atoms with E-state index in [4.69, 9.17) is 16.0 Å². The third kappa shape index (κ3) is 2.19. The predicted octanol–water partition coefficient (Wildman–Crippen LogP) is 4.59. The third-order valence-corrected chi connectivity index (χ3v) is 4.31. The fourth-order valence-corrected chi connectivity index (χ4v) is 2.54. The van der Waals surface area contributed by atoms with Crippen molar-refractivity contribution in [3.05, 3.63) is 33.2 Å². The Morgan fingerprint density at radius 1 is 1.39 bits per heavy atom. The first-order valence-corrected chi connectivity index (χ1v) is 7.18. The van der Waals surface area contributed by atoms with Crippen LogP contribution in [0.2, 0.25) is 5.15 Å². The predicted molar refractivity (Wildman–Crippen MR) is 73.8 cm³/mol. The van der Waals surface area contributed by atoms with Gasteiger partial charge in [0.25, 0.3) is 0 Å². The monoisotopic (exact) mass is 326 g/mol. The summed E-state index contributed by atoms with van der Waals surface area (Å²) in [5.74, 6) is 2.70. The average molecular weight is 328 g/mol. The van der Waals surface area contributed by atoms with Gasteiger partial charge >= 0.3 is 0 Å². The molecule has 0 N–H and O–H groups in total. The number of hydrogen-bond acceptors (Lipinski definition) is 3. The second-order valence-electron chi connectivity index (χ2n) is 4.43. The molecule has 1 aliphatic rings. The molecule has 0 bridgehead atoms. The van der Waals surface area contributed by atoms with E-state index in [2.05, 4.69) is 25.9 Å². The van der Waals surface area contributed by atoms with E-state index in [0.29, 0.717) is 22.7 Å². The number of rotatable bonds is 3. The number of aryl methyl sites for hydroxylation is 1. The first kappa shape index (κ1) is 12.2. The van der Waals surface area contributed by atoms with Crippen LogP contribution in [0.5, 0.6) is 0 Å². The van der Waals surface area contributed by atoms with E-state index in [1.807, 2.05) is 19.1 Å². The summed E-state index contributed by atoms with van der Waals surface area (Å²) in [5, 5.41) is 0.455. The van der Waals surface area contributed by atoms with Crippen LogP contribution in [0.3, 0.4) is 0 Å². The van der Waals surface area contributed by atoms with Gasteiger partial charge in [0.05, 0.1) is 10.2 Å². The molecule has 0 unspecified atom stereocenters. The summed E-state index contributed by atoms with van der Waals surface area (Å²) in [6, 6.07) is 3.85. The van der Waals surface area contributed by atoms with Crippen molar-refractivity contribution in [1.82, 2.24) is 9.97 Å². The van der Waals surface area contributed by atoms with Crippen molar-refractivity contribution in [3.8, 4) is 11.6 Å². The fraction of sp³-hybridized carbons (Fsp3) is 0.385. The van der Waals surface area contributed by atoms with Crippen molar-refractivity contribution >= 4 is 27.5 Å². The molecular weight excluding hydrogens is 316 g/mol. The molecule has 0 spiro atoms. The van der Waals surface area contributed by atoms with Crippen LogP contribution in [-0.2, 0) is 6.42 Å². The molecule has 1 saturated carbocycles. The van der Waals surface area contributed by atoms with Crippen molar-refractivity contribution < 1.29 is 4.42 Å². The van der Waals surface area contributed by atoms with Gasteiger partial charge in [-0.25, -0.2) is 9.97 Å². The van der Waals surface area contributed by atoms with Gasteiger partial charge in [0.1, 0.15) is 10.9 Å². The minimum absolute atomic E-state index is 0.455. The summed E-state index contributed by atoms with van der Waals surface area (Å²) in [6.07, 6.45) is 3.20. The summed E-state index contributed by atoms with van der Waals surface area (Å²) in [6.45, 7) is 2.05. The fourth-order valence-electron chi connectivity index (χ4n) is 1.86. The molecule has 0 saturated heterocycles. The molecule has 0 radical (unpaired) electrons. The van der Waals surface area contributed by atoms with Gasteiger partial charge in [-0.05, 0) is 40.9 Å².